The summed E-state index contributed by atoms with van der Waals surface area (Å²) in [4.78, 5) is 17.2. The Morgan fingerprint density at radius 3 is 2.77 bits per heavy atom. The molecule has 0 amide bonds. The average molecular weight is 469 g/mol. The molecule has 1 fully saturated rings. The normalized spacial score (nSPS) is 14.7. The van der Waals surface area contributed by atoms with E-state index in [4.69, 9.17) is 4.74 Å². The molecule has 1 aliphatic rings. The van der Waals surface area contributed by atoms with Crippen molar-refractivity contribution in [3.63, 3.8) is 0 Å². The molecule has 26 heavy (non-hydrogen) atoms. The van der Waals surface area contributed by atoms with Crippen LogP contribution >= 0.6 is 22.6 Å². The fourth-order valence-corrected chi connectivity index (χ4v) is 2.81. The first-order valence-corrected chi connectivity index (χ1v) is 9.14. The first-order chi connectivity index (χ1) is 12.5. The molecule has 0 atom stereocenters. The van der Waals surface area contributed by atoms with Crippen molar-refractivity contribution in [3.05, 3.63) is 27.3 Å². The van der Waals surface area contributed by atoms with E-state index in [0.717, 1.165) is 16.7 Å². The largest absolute Gasteiger partial charge is 0.507 e. The second kappa shape index (κ2) is 8.45. The summed E-state index contributed by atoms with van der Waals surface area (Å²) in [7, 11) is 3.74. The molecule has 0 spiro atoms. The lowest BCUT2D eigenvalue weighted by Crippen LogP contribution is -2.37. The van der Waals surface area contributed by atoms with Crippen molar-refractivity contribution in [2.75, 3.05) is 55.6 Å². The molecule has 0 bridgehead atoms. The van der Waals surface area contributed by atoms with Gasteiger partial charge in [-0.2, -0.15) is 20.1 Å². The minimum atomic E-state index is 0.162. The number of anilines is 3. The van der Waals surface area contributed by atoms with Crippen LogP contribution in [0.25, 0.3) is 0 Å². The molecule has 2 heterocycles. The zero-order valence-corrected chi connectivity index (χ0v) is 16.7. The van der Waals surface area contributed by atoms with Crippen LogP contribution in [0.1, 0.15) is 5.56 Å². The first kappa shape index (κ1) is 18.6. The number of nitrogens with one attached hydrogen (secondary N) is 1. The van der Waals surface area contributed by atoms with Gasteiger partial charge in [-0.1, -0.05) is 0 Å². The smallest absolute Gasteiger partial charge is 0.250 e. The number of hydrazone groups is 1. The summed E-state index contributed by atoms with van der Waals surface area (Å²) < 4.78 is 6.38. The SMILES string of the molecule is CN(C)c1nc(N/N=C\c2cc(I)ccc2O)nc(N2CCOCC2)n1. The van der Waals surface area contributed by atoms with Crippen molar-refractivity contribution in [1.82, 2.24) is 15.0 Å². The summed E-state index contributed by atoms with van der Waals surface area (Å²) >= 11 is 2.18. The molecule has 3 rings (SSSR count). The highest BCUT2D eigenvalue weighted by atomic mass is 127. The van der Waals surface area contributed by atoms with Gasteiger partial charge in [0, 0.05) is 36.3 Å². The second-order valence-corrected chi connectivity index (χ2v) is 7.07. The van der Waals surface area contributed by atoms with E-state index in [1.807, 2.05) is 31.1 Å². The number of halogens is 1. The van der Waals surface area contributed by atoms with E-state index in [0.29, 0.717) is 36.6 Å². The summed E-state index contributed by atoms with van der Waals surface area (Å²) in [6, 6.07) is 5.29. The number of phenols is 1. The molecule has 10 heteroatoms. The predicted molar refractivity (Wildman–Crippen MR) is 109 cm³/mol. The van der Waals surface area contributed by atoms with Gasteiger partial charge in [-0.15, -0.1) is 0 Å². The van der Waals surface area contributed by atoms with Crippen LogP contribution in [-0.4, -0.2) is 66.7 Å². The Hall–Kier alpha value is -2.21. The maximum absolute atomic E-state index is 9.87. The number of rotatable bonds is 5. The number of phenolic OH excluding ortho intramolecular Hbond substituents is 1. The zero-order valence-electron chi connectivity index (χ0n) is 14.6. The van der Waals surface area contributed by atoms with Crippen LogP contribution in [0.4, 0.5) is 17.8 Å². The number of ether oxygens (including phenoxy) is 1. The summed E-state index contributed by atoms with van der Waals surface area (Å²) in [6.45, 7) is 2.76. The molecule has 9 nitrogen and oxygen atoms in total. The van der Waals surface area contributed by atoms with Crippen LogP contribution in [0.5, 0.6) is 5.75 Å². The Labute approximate surface area is 165 Å². The molecule has 0 radical (unpaired) electrons. The molecule has 0 unspecified atom stereocenters. The fourth-order valence-electron chi connectivity index (χ4n) is 2.30. The van der Waals surface area contributed by atoms with Crippen LogP contribution in [0.15, 0.2) is 23.3 Å². The van der Waals surface area contributed by atoms with Gasteiger partial charge < -0.3 is 19.6 Å². The van der Waals surface area contributed by atoms with E-state index in [9.17, 15) is 5.11 Å². The summed E-state index contributed by atoms with van der Waals surface area (Å²) in [5.74, 6) is 1.62. The monoisotopic (exact) mass is 469 g/mol. The van der Waals surface area contributed by atoms with E-state index < -0.39 is 0 Å². The Morgan fingerprint density at radius 1 is 1.27 bits per heavy atom. The minimum Gasteiger partial charge on any atom is -0.507 e. The van der Waals surface area contributed by atoms with Gasteiger partial charge in [0.15, 0.2) is 0 Å². The maximum Gasteiger partial charge on any atom is 0.250 e. The minimum absolute atomic E-state index is 0.162. The molecular weight excluding hydrogens is 449 g/mol. The van der Waals surface area contributed by atoms with Gasteiger partial charge in [0.1, 0.15) is 5.75 Å². The third kappa shape index (κ3) is 4.69. The van der Waals surface area contributed by atoms with Gasteiger partial charge in [0.25, 0.3) is 0 Å². The molecule has 138 valence electrons. The molecule has 1 saturated heterocycles. The highest BCUT2D eigenvalue weighted by Crippen LogP contribution is 2.19. The Bertz CT molecular complexity index is 794. The Kier molecular flexibility index (Phi) is 6.04. The van der Waals surface area contributed by atoms with Gasteiger partial charge in [0.05, 0.1) is 19.4 Å². The fraction of sp³-hybridized carbons (Fsp3) is 0.375. The molecule has 1 aliphatic heterocycles. The third-order valence-corrected chi connectivity index (χ3v) is 4.33. The highest BCUT2D eigenvalue weighted by molar-refractivity contribution is 14.1. The van der Waals surface area contributed by atoms with Crippen LogP contribution in [0.3, 0.4) is 0 Å². The van der Waals surface area contributed by atoms with Crippen LogP contribution in [-0.2, 0) is 4.74 Å². The Morgan fingerprint density at radius 2 is 2.04 bits per heavy atom. The second-order valence-electron chi connectivity index (χ2n) is 5.83. The quantitative estimate of drug-likeness (QED) is 0.387. The van der Waals surface area contributed by atoms with E-state index in [-0.39, 0.29) is 5.75 Å². The average Bonchev–Trinajstić information content (AvgIpc) is 2.65. The van der Waals surface area contributed by atoms with E-state index >= 15 is 0 Å². The summed E-state index contributed by atoms with van der Waals surface area (Å²) in [5, 5.41) is 14.0. The molecule has 0 aliphatic carbocycles. The number of hydrogen-bond donors (Lipinski definition) is 2. The van der Waals surface area contributed by atoms with Gasteiger partial charge >= 0.3 is 0 Å². The first-order valence-electron chi connectivity index (χ1n) is 8.06. The molecule has 2 aromatic rings. The lowest BCUT2D eigenvalue weighted by molar-refractivity contribution is 0.122. The number of aromatic hydroxyl groups is 1. The molecule has 0 saturated carbocycles. The zero-order chi connectivity index (χ0) is 18.5. The number of morpholine rings is 1. The predicted octanol–water partition coefficient (Wildman–Crippen LogP) is 1.53. The maximum atomic E-state index is 9.87. The lowest BCUT2D eigenvalue weighted by Gasteiger charge is -2.27. The van der Waals surface area contributed by atoms with Crippen LogP contribution < -0.4 is 15.2 Å². The van der Waals surface area contributed by atoms with Gasteiger partial charge in [-0.05, 0) is 40.8 Å². The Balaban J connectivity index is 1.80. The summed E-state index contributed by atoms with van der Waals surface area (Å²) in [6.07, 6.45) is 1.53. The van der Waals surface area contributed by atoms with Gasteiger partial charge in [-0.3, -0.25) is 0 Å². The molecule has 1 aromatic carbocycles. The number of hydrogen-bond acceptors (Lipinski definition) is 9. The number of nitrogens with zero attached hydrogens (tertiary/aromatic N) is 6. The van der Waals surface area contributed by atoms with E-state index in [1.165, 1.54) is 6.21 Å². The van der Waals surface area contributed by atoms with Crippen LogP contribution in [0, 0.1) is 3.57 Å². The van der Waals surface area contributed by atoms with Gasteiger partial charge in [-0.25, -0.2) is 5.43 Å². The van der Waals surface area contributed by atoms with Crippen molar-refractivity contribution < 1.29 is 9.84 Å². The summed E-state index contributed by atoms with van der Waals surface area (Å²) in [5.41, 5.74) is 3.43. The number of aromatic nitrogens is 3. The van der Waals surface area contributed by atoms with E-state index in [1.54, 1.807) is 6.07 Å². The number of benzene rings is 1. The van der Waals surface area contributed by atoms with E-state index in [2.05, 4.69) is 53.0 Å². The van der Waals surface area contributed by atoms with Gasteiger partial charge in [0.2, 0.25) is 17.8 Å². The molecule has 1 aromatic heterocycles. The molecular formula is C16H20IN7O2. The molecule has 2 N–H and O–H groups in total. The third-order valence-electron chi connectivity index (χ3n) is 3.66. The topological polar surface area (TPSA) is 99.0 Å². The van der Waals surface area contributed by atoms with Crippen molar-refractivity contribution >= 4 is 46.7 Å². The highest BCUT2D eigenvalue weighted by Gasteiger charge is 2.17. The van der Waals surface area contributed by atoms with Crippen molar-refractivity contribution in [3.8, 4) is 5.75 Å². The van der Waals surface area contributed by atoms with Crippen molar-refractivity contribution in [2.45, 2.75) is 0 Å². The lowest BCUT2D eigenvalue weighted by atomic mass is 10.2. The standard InChI is InChI=1S/C16H20IN7O2/c1-23(2)15-19-14(20-16(21-15)24-5-7-26-8-6-24)22-18-10-11-9-12(17)3-4-13(11)25/h3-4,9-10,25H,5-8H2,1-2H3,(H,19,20,21,22)/b18-10-. The van der Waals surface area contributed by atoms with Crippen molar-refractivity contribution in [1.29, 1.82) is 0 Å². The van der Waals surface area contributed by atoms with Crippen LogP contribution in [0.2, 0.25) is 0 Å². The van der Waals surface area contributed by atoms with Crippen molar-refractivity contribution in [2.24, 2.45) is 5.10 Å².